The molecule has 4 heteroatoms. The molecule has 0 saturated heterocycles. The Labute approximate surface area is 111 Å². The zero-order chi connectivity index (χ0) is 13.0. The lowest BCUT2D eigenvalue weighted by molar-refractivity contribution is 0.173. The molecule has 0 amide bonds. The van der Waals surface area contributed by atoms with Gasteiger partial charge < -0.3 is 9.84 Å². The lowest BCUT2D eigenvalue weighted by Crippen LogP contribution is -1.94. The Bertz CT molecular complexity index is 513. The molecule has 0 bridgehead atoms. The van der Waals surface area contributed by atoms with Gasteiger partial charge in [-0.25, -0.2) is 0 Å². The molecule has 0 aliphatic rings. The van der Waals surface area contributed by atoms with Crippen LogP contribution in [-0.4, -0.2) is 10.1 Å². The molecule has 2 rings (SSSR count). The van der Waals surface area contributed by atoms with E-state index in [1.807, 2.05) is 31.2 Å². The average Bonchev–Trinajstić information content (AvgIpc) is 2.39. The van der Waals surface area contributed by atoms with Gasteiger partial charge in [-0.1, -0.05) is 30.7 Å². The van der Waals surface area contributed by atoms with Crippen molar-refractivity contribution in [3.05, 3.63) is 53.3 Å². The molecule has 0 aliphatic carbocycles. The first-order valence-electron chi connectivity index (χ1n) is 5.75. The third-order valence-corrected chi connectivity index (χ3v) is 2.77. The fourth-order valence-electron chi connectivity index (χ4n) is 1.58. The van der Waals surface area contributed by atoms with Gasteiger partial charge in [0.1, 0.15) is 11.5 Å². The number of pyridine rings is 1. The zero-order valence-electron chi connectivity index (χ0n) is 10.0. The van der Waals surface area contributed by atoms with E-state index in [1.165, 1.54) is 0 Å². The molecule has 1 heterocycles. The van der Waals surface area contributed by atoms with Gasteiger partial charge in [0.15, 0.2) is 0 Å². The van der Waals surface area contributed by atoms with Crippen LogP contribution in [-0.2, 0) is 0 Å². The fourth-order valence-corrected chi connectivity index (χ4v) is 1.74. The smallest absolute Gasteiger partial charge is 0.147 e. The minimum atomic E-state index is -0.424. The second-order valence-electron chi connectivity index (χ2n) is 3.93. The summed E-state index contributed by atoms with van der Waals surface area (Å²) in [6.07, 6.45) is 3.42. The van der Waals surface area contributed by atoms with Crippen LogP contribution in [0.2, 0.25) is 5.02 Å². The van der Waals surface area contributed by atoms with Crippen molar-refractivity contribution in [1.82, 2.24) is 4.98 Å². The van der Waals surface area contributed by atoms with Gasteiger partial charge in [0.2, 0.25) is 0 Å². The van der Waals surface area contributed by atoms with Crippen molar-refractivity contribution in [3.63, 3.8) is 0 Å². The normalized spacial score (nSPS) is 12.2. The summed E-state index contributed by atoms with van der Waals surface area (Å²) in [6, 6.07) is 9.02. The van der Waals surface area contributed by atoms with Gasteiger partial charge in [-0.3, -0.25) is 4.98 Å². The minimum Gasteiger partial charge on any atom is -0.456 e. The highest BCUT2D eigenvalue weighted by atomic mass is 35.5. The van der Waals surface area contributed by atoms with Gasteiger partial charge in [-0.15, -0.1) is 0 Å². The number of benzene rings is 1. The van der Waals surface area contributed by atoms with Crippen molar-refractivity contribution in [2.75, 3.05) is 0 Å². The van der Waals surface area contributed by atoms with E-state index in [4.69, 9.17) is 16.3 Å². The summed E-state index contributed by atoms with van der Waals surface area (Å²) in [5.41, 5.74) is 0.883. The maximum atomic E-state index is 9.68. The van der Waals surface area contributed by atoms with E-state index in [-0.39, 0.29) is 0 Å². The van der Waals surface area contributed by atoms with E-state index in [0.717, 1.165) is 5.56 Å². The summed E-state index contributed by atoms with van der Waals surface area (Å²) in [7, 11) is 0. The minimum absolute atomic E-state index is 0.424. The van der Waals surface area contributed by atoms with E-state index in [0.29, 0.717) is 22.9 Å². The number of aliphatic hydroxyl groups excluding tert-OH is 1. The molecule has 0 fully saturated rings. The predicted molar refractivity (Wildman–Crippen MR) is 71.0 cm³/mol. The molecule has 1 N–H and O–H groups in total. The van der Waals surface area contributed by atoms with Gasteiger partial charge in [0, 0.05) is 12.3 Å². The van der Waals surface area contributed by atoms with Crippen molar-refractivity contribution in [2.45, 2.75) is 19.4 Å². The average molecular weight is 264 g/mol. The van der Waals surface area contributed by atoms with E-state index in [1.54, 1.807) is 18.5 Å². The molecule has 94 valence electrons. The third-order valence-electron chi connectivity index (χ3n) is 2.57. The number of ether oxygens (including phenoxy) is 1. The standard InChI is InChI=1S/C14H14ClNO2/c1-2-14(17)10-3-5-12(6-4-10)18-13-7-11(15)8-16-9-13/h3-9,14,17H,2H2,1H3/t14-/m1/s1. The number of halogens is 1. The Morgan fingerprint density at radius 3 is 2.56 bits per heavy atom. The molecule has 1 aromatic carbocycles. The maximum absolute atomic E-state index is 9.68. The lowest BCUT2D eigenvalue weighted by atomic mass is 10.1. The second-order valence-corrected chi connectivity index (χ2v) is 4.37. The highest BCUT2D eigenvalue weighted by Gasteiger charge is 2.05. The molecule has 0 unspecified atom stereocenters. The van der Waals surface area contributed by atoms with Crippen LogP contribution in [0, 0.1) is 0 Å². The van der Waals surface area contributed by atoms with Crippen molar-refractivity contribution < 1.29 is 9.84 Å². The van der Waals surface area contributed by atoms with Crippen LogP contribution in [0.3, 0.4) is 0 Å². The molecule has 18 heavy (non-hydrogen) atoms. The highest BCUT2D eigenvalue weighted by molar-refractivity contribution is 6.30. The summed E-state index contributed by atoms with van der Waals surface area (Å²) < 4.78 is 5.60. The maximum Gasteiger partial charge on any atom is 0.147 e. The second kappa shape index (κ2) is 5.85. The summed E-state index contributed by atoms with van der Waals surface area (Å²) >= 11 is 5.82. The number of hydrogen-bond acceptors (Lipinski definition) is 3. The molecule has 0 radical (unpaired) electrons. The summed E-state index contributed by atoms with van der Waals surface area (Å²) in [5.74, 6) is 1.28. The van der Waals surface area contributed by atoms with E-state index in [2.05, 4.69) is 4.98 Å². The van der Waals surface area contributed by atoms with Gasteiger partial charge in [0.05, 0.1) is 17.3 Å². The molecule has 0 spiro atoms. The highest BCUT2D eigenvalue weighted by Crippen LogP contribution is 2.25. The molecular formula is C14H14ClNO2. The molecule has 0 aliphatic heterocycles. The third kappa shape index (κ3) is 3.22. The topological polar surface area (TPSA) is 42.4 Å². The van der Waals surface area contributed by atoms with Crippen LogP contribution >= 0.6 is 11.6 Å². The molecule has 2 aromatic rings. The van der Waals surface area contributed by atoms with Crippen molar-refractivity contribution in [1.29, 1.82) is 0 Å². The number of rotatable bonds is 4. The number of aromatic nitrogens is 1. The van der Waals surface area contributed by atoms with Crippen molar-refractivity contribution in [2.24, 2.45) is 0 Å². The quantitative estimate of drug-likeness (QED) is 0.908. The SMILES string of the molecule is CC[C@@H](O)c1ccc(Oc2cncc(Cl)c2)cc1. The van der Waals surface area contributed by atoms with Crippen molar-refractivity contribution >= 4 is 11.6 Å². The van der Waals surface area contributed by atoms with Crippen LogP contribution in [0.5, 0.6) is 11.5 Å². The Hall–Kier alpha value is -1.58. The first kappa shape index (κ1) is 12.9. The predicted octanol–water partition coefficient (Wildman–Crippen LogP) is 3.97. The van der Waals surface area contributed by atoms with Crippen LogP contribution < -0.4 is 4.74 Å². The summed E-state index contributed by atoms with van der Waals surface area (Å²) in [5, 5.41) is 10.2. The number of hydrogen-bond donors (Lipinski definition) is 1. The summed E-state index contributed by atoms with van der Waals surface area (Å²) in [4.78, 5) is 3.94. The summed E-state index contributed by atoms with van der Waals surface area (Å²) in [6.45, 7) is 1.94. The van der Waals surface area contributed by atoms with Crippen LogP contribution in [0.25, 0.3) is 0 Å². The monoisotopic (exact) mass is 263 g/mol. The van der Waals surface area contributed by atoms with Crippen LogP contribution in [0.1, 0.15) is 25.0 Å². The van der Waals surface area contributed by atoms with Crippen molar-refractivity contribution in [3.8, 4) is 11.5 Å². The first-order chi connectivity index (χ1) is 8.69. The Morgan fingerprint density at radius 2 is 1.94 bits per heavy atom. The molecular weight excluding hydrogens is 250 g/mol. The Morgan fingerprint density at radius 1 is 1.22 bits per heavy atom. The van der Waals surface area contributed by atoms with E-state index >= 15 is 0 Å². The fraction of sp³-hybridized carbons (Fsp3) is 0.214. The van der Waals surface area contributed by atoms with Gasteiger partial charge >= 0.3 is 0 Å². The molecule has 1 atom stereocenters. The number of aliphatic hydroxyl groups is 1. The lowest BCUT2D eigenvalue weighted by Gasteiger charge is -2.09. The first-order valence-corrected chi connectivity index (χ1v) is 6.13. The zero-order valence-corrected chi connectivity index (χ0v) is 10.8. The molecule has 3 nitrogen and oxygen atoms in total. The van der Waals surface area contributed by atoms with Crippen LogP contribution in [0.15, 0.2) is 42.7 Å². The molecule has 1 aromatic heterocycles. The largest absolute Gasteiger partial charge is 0.456 e. The number of nitrogens with zero attached hydrogens (tertiary/aromatic N) is 1. The van der Waals surface area contributed by atoms with Crippen LogP contribution in [0.4, 0.5) is 0 Å². The Kier molecular flexibility index (Phi) is 4.18. The molecule has 0 saturated carbocycles. The van der Waals surface area contributed by atoms with E-state index < -0.39 is 6.10 Å². The Balaban J connectivity index is 2.11. The van der Waals surface area contributed by atoms with Gasteiger partial charge in [0.25, 0.3) is 0 Å². The van der Waals surface area contributed by atoms with Gasteiger partial charge in [-0.2, -0.15) is 0 Å². The van der Waals surface area contributed by atoms with Gasteiger partial charge in [-0.05, 0) is 24.1 Å². The van der Waals surface area contributed by atoms with E-state index in [9.17, 15) is 5.11 Å².